The van der Waals surface area contributed by atoms with Gasteiger partial charge in [-0.25, -0.2) is 0 Å². The van der Waals surface area contributed by atoms with Crippen molar-refractivity contribution in [1.29, 1.82) is 0 Å². The lowest BCUT2D eigenvalue weighted by Gasteiger charge is -2.46. The Bertz CT molecular complexity index is 426. The van der Waals surface area contributed by atoms with Crippen molar-refractivity contribution in [2.75, 3.05) is 27.2 Å². The van der Waals surface area contributed by atoms with Gasteiger partial charge in [0.15, 0.2) is 0 Å². The first-order valence-electron chi connectivity index (χ1n) is 8.93. The smallest absolute Gasteiger partial charge is 0.293 e. The number of ether oxygens (including phenoxy) is 3. The van der Waals surface area contributed by atoms with Crippen molar-refractivity contribution in [1.82, 2.24) is 0 Å². The highest BCUT2D eigenvalue weighted by atomic mass is 35.5. The standard InChI is InChI=1S/C20H33ClO3/c1-5-6-7-8-9-13-16-19(17-21,18-14-11-10-12-15-18)20(22-2,23-3)24-4/h10-12,14-15H,5-9,13,16-17H2,1-4H3. The highest BCUT2D eigenvalue weighted by Gasteiger charge is 2.54. The highest BCUT2D eigenvalue weighted by Crippen LogP contribution is 2.44. The van der Waals surface area contributed by atoms with Crippen LogP contribution < -0.4 is 0 Å². The van der Waals surface area contributed by atoms with E-state index in [1.54, 1.807) is 21.3 Å². The van der Waals surface area contributed by atoms with Crippen LogP contribution in [0.5, 0.6) is 0 Å². The van der Waals surface area contributed by atoms with Gasteiger partial charge >= 0.3 is 0 Å². The largest absolute Gasteiger partial charge is 0.330 e. The molecule has 0 saturated carbocycles. The van der Waals surface area contributed by atoms with Crippen LogP contribution in [0.2, 0.25) is 0 Å². The van der Waals surface area contributed by atoms with Gasteiger partial charge in [0.2, 0.25) is 0 Å². The van der Waals surface area contributed by atoms with Crippen molar-refractivity contribution in [3.63, 3.8) is 0 Å². The number of rotatable bonds is 13. The minimum atomic E-state index is -1.19. The Morgan fingerprint density at radius 3 is 1.88 bits per heavy atom. The number of halogens is 1. The summed E-state index contributed by atoms with van der Waals surface area (Å²) in [7, 11) is 4.83. The van der Waals surface area contributed by atoms with Gasteiger partial charge in [-0.3, -0.25) is 0 Å². The van der Waals surface area contributed by atoms with Crippen molar-refractivity contribution < 1.29 is 14.2 Å². The Balaban J connectivity index is 3.02. The van der Waals surface area contributed by atoms with Gasteiger partial charge in [-0.2, -0.15) is 0 Å². The van der Waals surface area contributed by atoms with E-state index in [0.29, 0.717) is 5.88 Å². The molecule has 1 unspecified atom stereocenters. The predicted molar refractivity (Wildman–Crippen MR) is 101 cm³/mol. The van der Waals surface area contributed by atoms with Gasteiger partial charge < -0.3 is 14.2 Å². The summed E-state index contributed by atoms with van der Waals surface area (Å²) in [5.41, 5.74) is 0.526. The normalized spacial score (nSPS) is 14.5. The van der Waals surface area contributed by atoms with Crippen molar-refractivity contribution in [2.45, 2.75) is 63.3 Å². The number of hydrogen-bond acceptors (Lipinski definition) is 3. The van der Waals surface area contributed by atoms with E-state index in [2.05, 4.69) is 19.1 Å². The molecular weight excluding hydrogens is 324 g/mol. The van der Waals surface area contributed by atoms with Gasteiger partial charge in [-0.05, 0) is 12.0 Å². The maximum Gasteiger partial charge on any atom is 0.293 e. The van der Waals surface area contributed by atoms with E-state index in [4.69, 9.17) is 25.8 Å². The third-order valence-corrected chi connectivity index (χ3v) is 5.36. The van der Waals surface area contributed by atoms with Crippen LogP contribution in [0.25, 0.3) is 0 Å². The van der Waals surface area contributed by atoms with E-state index in [-0.39, 0.29) is 0 Å². The van der Waals surface area contributed by atoms with Crippen molar-refractivity contribution in [3.05, 3.63) is 35.9 Å². The first kappa shape index (κ1) is 21.4. The number of benzene rings is 1. The average Bonchev–Trinajstić information content (AvgIpc) is 2.65. The van der Waals surface area contributed by atoms with Crippen LogP contribution in [0.1, 0.15) is 57.4 Å². The van der Waals surface area contributed by atoms with Crippen LogP contribution in [0.4, 0.5) is 0 Å². The molecule has 0 N–H and O–H groups in total. The Labute approximate surface area is 152 Å². The molecule has 0 aliphatic heterocycles. The molecule has 0 spiro atoms. The first-order chi connectivity index (χ1) is 11.7. The second-order valence-electron chi connectivity index (χ2n) is 6.27. The second kappa shape index (κ2) is 11.1. The third-order valence-electron chi connectivity index (χ3n) is 4.90. The van der Waals surface area contributed by atoms with Gasteiger partial charge in [0.1, 0.15) is 0 Å². The van der Waals surface area contributed by atoms with Crippen LogP contribution in [0, 0.1) is 0 Å². The summed E-state index contributed by atoms with van der Waals surface area (Å²) in [6, 6.07) is 10.2. The Morgan fingerprint density at radius 1 is 0.833 bits per heavy atom. The molecule has 1 atom stereocenters. The summed E-state index contributed by atoms with van der Waals surface area (Å²) in [5.74, 6) is -0.832. The van der Waals surface area contributed by atoms with Crippen molar-refractivity contribution >= 4 is 11.6 Å². The molecule has 0 bridgehead atoms. The SMILES string of the molecule is CCCCCCCCC(CCl)(c1ccccc1)C(OC)(OC)OC. The molecule has 0 heterocycles. The molecule has 1 rings (SSSR count). The number of methoxy groups -OCH3 is 3. The van der Waals surface area contributed by atoms with Gasteiger partial charge in [-0.15, -0.1) is 11.6 Å². The minimum absolute atomic E-state index is 0.363. The molecular formula is C20H33ClO3. The third kappa shape index (κ3) is 4.72. The lowest BCUT2D eigenvalue weighted by Crippen LogP contribution is -2.57. The van der Waals surface area contributed by atoms with Crippen LogP contribution >= 0.6 is 11.6 Å². The zero-order chi connectivity index (χ0) is 17.9. The monoisotopic (exact) mass is 356 g/mol. The van der Waals surface area contributed by atoms with Crippen molar-refractivity contribution in [2.24, 2.45) is 0 Å². The van der Waals surface area contributed by atoms with Gasteiger partial charge in [0, 0.05) is 27.2 Å². The summed E-state index contributed by atoms with van der Waals surface area (Å²) >= 11 is 6.50. The summed E-state index contributed by atoms with van der Waals surface area (Å²) in [6.45, 7) is 2.23. The quantitative estimate of drug-likeness (QED) is 0.265. The topological polar surface area (TPSA) is 27.7 Å². The van der Waals surface area contributed by atoms with E-state index >= 15 is 0 Å². The molecule has 0 amide bonds. The molecule has 138 valence electrons. The fraction of sp³-hybridized carbons (Fsp3) is 0.700. The Kier molecular flexibility index (Phi) is 9.91. The number of hydrogen-bond donors (Lipinski definition) is 0. The van der Waals surface area contributed by atoms with Gasteiger partial charge in [0.25, 0.3) is 5.97 Å². The molecule has 0 fully saturated rings. The Morgan fingerprint density at radius 2 is 1.38 bits per heavy atom. The summed E-state index contributed by atoms with van der Waals surface area (Å²) in [4.78, 5) is 0. The minimum Gasteiger partial charge on any atom is -0.330 e. The molecule has 0 aliphatic carbocycles. The summed E-state index contributed by atoms with van der Waals surface area (Å²) in [5, 5.41) is 0. The first-order valence-corrected chi connectivity index (χ1v) is 9.46. The maximum atomic E-state index is 6.50. The summed E-state index contributed by atoms with van der Waals surface area (Å²) < 4.78 is 17.1. The molecule has 1 aromatic rings. The lowest BCUT2D eigenvalue weighted by atomic mass is 9.75. The second-order valence-corrected chi connectivity index (χ2v) is 6.54. The molecule has 0 saturated heterocycles. The Hall–Kier alpha value is -0.610. The number of unbranched alkanes of at least 4 members (excludes halogenated alkanes) is 5. The van der Waals surface area contributed by atoms with Crippen LogP contribution in [0.3, 0.4) is 0 Å². The molecule has 4 heteroatoms. The summed E-state index contributed by atoms with van der Waals surface area (Å²) in [6.07, 6.45) is 8.19. The zero-order valence-corrected chi connectivity index (χ0v) is 16.4. The van der Waals surface area contributed by atoms with Crippen molar-refractivity contribution in [3.8, 4) is 0 Å². The fourth-order valence-corrected chi connectivity index (χ4v) is 3.95. The van der Waals surface area contributed by atoms with E-state index < -0.39 is 11.4 Å². The van der Waals surface area contributed by atoms with Crippen LogP contribution in [0.15, 0.2) is 30.3 Å². The molecule has 24 heavy (non-hydrogen) atoms. The zero-order valence-electron chi connectivity index (χ0n) is 15.6. The molecule has 0 aliphatic rings. The van der Waals surface area contributed by atoms with E-state index in [0.717, 1.165) is 18.4 Å². The molecule has 0 aromatic heterocycles. The number of alkyl halides is 1. The fourth-order valence-electron chi connectivity index (χ4n) is 3.50. The molecule has 0 radical (unpaired) electrons. The average molecular weight is 357 g/mol. The van der Waals surface area contributed by atoms with E-state index in [1.807, 2.05) is 18.2 Å². The van der Waals surface area contributed by atoms with Gasteiger partial charge in [0.05, 0.1) is 5.41 Å². The maximum absolute atomic E-state index is 6.50. The predicted octanol–water partition coefficient (Wildman–Crippen LogP) is 5.51. The lowest BCUT2D eigenvalue weighted by molar-refractivity contribution is -0.385. The molecule has 1 aromatic carbocycles. The van der Waals surface area contributed by atoms with E-state index in [1.165, 1.54) is 32.1 Å². The van der Waals surface area contributed by atoms with Gasteiger partial charge in [-0.1, -0.05) is 75.8 Å². The van der Waals surface area contributed by atoms with E-state index in [9.17, 15) is 0 Å². The van der Waals surface area contributed by atoms with Crippen LogP contribution in [-0.4, -0.2) is 33.2 Å². The highest BCUT2D eigenvalue weighted by molar-refractivity contribution is 6.18. The van der Waals surface area contributed by atoms with Crippen LogP contribution in [-0.2, 0) is 19.6 Å². The molecule has 3 nitrogen and oxygen atoms in total.